The second-order valence-corrected chi connectivity index (χ2v) is 3.61. The number of hydrogen-bond acceptors (Lipinski definition) is 3. The van der Waals surface area contributed by atoms with Crippen LogP contribution in [0.1, 0.15) is 43.0 Å². The van der Waals surface area contributed by atoms with Crippen molar-refractivity contribution in [3.05, 3.63) is 0 Å². The van der Waals surface area contributed by atoms with E-state index >= 15 is 0 Å². The molecule has 0 aromatic heterocycles. The minimum atomic E-state index is -0.328. The molecule has 3 nitrogen and oxygen atoms in total. The standard InChI is InChI=1S/C6H12O2.C3H6O.H2/c1-5(7)8-6(2,3)4;1-3(2)4;/h1-4H3;1-2H3;1H. The van der Waals surface area contributed by atoms with Gasteiger partial charge in [0.1, 0.15) is 11.4 Å². The quantitative estimate of drug-likeness (QED) is 0.531. The first-order valence-corrected chi connectivity index (χ1v) is 3.82. The Bertz CT molecular complexity index is 155. The fourth-order valence-electron chi connectivity index (χ4n) is 0.431. The Morgan fingerprint density at radius 2 is 1.33 bits per heavy atom. The van der Waals surface area contributed by atoms with Crippen molar-refractivity contribution in [2.45, 2.75) is 47.1 Å². The highest BCUT2D eigenvalue weighted by molar-refractivity contribution is 5.72. The minimum Gasteiger partial charge on any atom is -0.460 e. The average Bonchev–Trinajstić information content (AvgIpc) is 1.52. The van der Waals surface area contributed by atoms with Gasteiger partial charge in [-0.05, 0) is 34.6 Å². The van der Waals surface area contributed by atoms with Gasteiger partial charge < -0.3 is 9.53 Å². The van der Waals surface area contributed by atoms with Gasteiger partial charge in [0.25, 0.3) is 0 Å². The van der Waals surface area contributed by atoms with Crippen molar-refractivity contribution in [1.29, 1.82) is 0 Å². The molecule has 0 spiro atoms. The largest absolute Gasteiger partial charge is 0.460 e. The van der Waals surface area contributed by atoms with E-state index in [1.807, 2.05) is 20.8 Å². The van der Waals surface area contributed by atoms with E-state index in [1.165, 1.54) is 20.8 Å². The van der Waals surface area contributed by atoms with Gasteiger partial charge in [-0.25, -0.2) is 0 Å². The van der Waals surface area contributed by atoms with Gasteiger partial charge in [0, 0.05) is 8.35 Å². The minimum absolute atomic E-state index is 0. The summed E-state index contributed by atoms with van der Waals surface area (Å²) in [5.74, 6) is -0.0579. The van der Waals surface area contributed by atoms with Crippen molar-refractivity contribution in [1.82, 2.24) is 0 Å². The van der Waals surface area contributed by atoms with Gasteiger partial charge >= 0.3 is 5.97 Å². The summed E-state index contributed by atoms with van der Waals surface area (Å²) in [6.07, 6.45) is 0. The van der Waals surface area contributed by atoms with Gasteiger partial charge in [-0.1, -0.05) is 0 Å². The molecule has 0 radical (unpaired) electrons. The molecule has 0 bridgehead atoms. The van der Waals surface area contributed by atoms with Gasteiger partial charge in [-0.15, -0.1) is 0 Å². The molecule has 0 unspecified atom stereocenters. The third kappa shape index (κ3) is 35.3. The van der Waals surface area contributed by atoms with Crippen molar-refractivity contribution >= 4 is 11.8 Å². The van der Waals surface area contributed by atoms with Crippen LogP contribution >= 0.6 is 0 Å². The van der Waals surface area contributed by atoms with E-state index in [4.69, 9.17) is 4.74 Å². The molecule has 0 aliphatic carbocycles. The molecular formula is C9H20O3. The average molecular weight is 176 g/mol. The maximum absolute atomic E-state index is 10.2. The summed E-state index contributed by atoms with van der Waals surface area (Å²) in [6, 6.07) is 0. The molecule has 0 heterocycles. The second-order valence-electron chi connectivity index (χ2n) is 3.61. The molecular weight excluding hydrogens is 156 g/mol. The van der Waals surface area contributed by atoms with E-state index in [-0.39, 0.29) is 18.8 Å². The summed E-state index contributed by atoms with van der Waals surface area (Å²) < 4.78 is 4.80. The van der Waals surface area contributed by atoms with Crippen LogP contribution in [0.5, 0.6) is 0 Å². The van der Waals surface area contributed by atoms with Crippen molar-refractivity contribution in [3.63, 3.8) is 0 Å². The van der Waals surface area contributed by atoms with E-state index in [2.05, 4.69) is 0 Å². The summed E-state index contributed by atoms with van der Waals surface area (Å²) in [5.41, 5.74) is -0.328. The van der Waals surface area contributed by atoms with E-state index in [0.29, 0.717) is 0 Å². The molecule has 74 valence electrons. The van der Waals surface area contributed by atoms with Crippen LogP contribution in [-0.2, 0) is 14.3 Å². The highest BCUT2D eigenvalue weighted by Crippen LogP contribution is 2.05. The lowest BCUT2D eigenvalue weighted by Gasteiger charge is -2.17. The lowest BCUT2D eigenvalue weighted by atomic mass is 10.2. The molecule has 0 aromatic rings. The highest BCUT2D eigenvalue weighted by atomic mass is 16.6. The maximum atomic E-state index is 10.2. The summed E-state index contributed by atoms with van der Waals surface area (Å²) in [6.45, 7) is 9.99. The van der Waals surface area contributed by atoms with E-state index in [1.54, 1.807) is 0 Å². The number of esters is 1. The second kappa shape index (κ2) is 5.75. The first-order valence-electron chi connectivity index (χ1n) is 3.82. The topological polar surface area (TPSA) is 43.4 Å². The van der Waals surface area contributed by atoms with Gasteiger partial charge in [0.15, 0.2) is 0 Å². The molecule has 0 aromatic carbocycles. The molecule has 0 amide bonds. The fourth-order valence-corrected chi connectivity index (χ4v) is 0.431. The molecule has 0 saturated heterocycles. The first-order chi connectivity index (χ1) is 5.15. The Morgan fingerprint density at radius 3 is 1.33 bits per heavy atom. The van der Waals surface area contributed by atoms with Crippen molar-refractivity contribution in [2.24, 2.45) is 0 Å². The Labute approximate surface area is 75.6 Å². The Kier molecular flexibility index (Phi) is 6.57. The summed E-state index contributed by atoms with van der Waals surface area (Å²) in [7, 11) is 0. The van der Waals surface area contributed by atoms with Gasteiger partial charge in [0.05, 0.1) is 0 Å². The number of ether oxygens (including phenoxy) is 1. The summed E-state index contributed by atoms with van der Waals surface area (Å²) in [4.78, 5) is 19.7. The van der Waals surface area contributed by atoms with E-state index < -0.39 is 0 Å². The molecule has 0 atom stereocenters. The molecule has 0 fully saturated rings. The van der Waals surface area contributed by atoms with Crippen LogP contribution in [0.15, 0.2) is 0 Å². The van der Waals surface area contributed by atoms with Crippen LogP contribution in [0.2, 0.25) is 0 Å². The third-order valence-corrected chi connectivity index (χ3v) is 0.450. The lowest BCUT2D eigenvalue weighted by Crippen LogP contribution is -2.21. The maximum Gasteiger partial charge on any atom is 0.303 e. The molecule has 0 aliphatic heterocycles. The monoisotopic (exact) mass is 176 g/mol. The first kappa shape index (κ1) is 13.7. The summed E-state index contributed by atoms with van der Waals surface area (Å²) in [5, 5.41) is 0. The molecule has 0 saturated carbocycles. The number of rotatable bonds is 0. The van der Waals surface area contributed by atoms with Crippen LogP contribution < -0.4 is 0 Å². The van der Waals surface area contributed by atoms with Crippen LogP contribution in [0.4, 0.5) is 0 Å². The molecule has 3 heteroatoms. The van der Waals surface area contributed by atoms with Gasteiger partial charge in [-0.3, -0.25) is 4.79 Å². The lowest BCUT2D eigenvalue weighted by molar-refractivity contribution is -0.151. The smallest absolute Gasteiger partial charge is 0.303 e. The Hall–Kier alpha value is -0.860. The van der Waals surface area contributed by atoms with Crippen molar-refractivity contribution < 1.29 is 15.8 Å². The number of carbonyl (C=O) groups is 2. The fraction of sp³-hybridized carbons (Fsp3) is 0.778. The predicted octanol–water partition coefficient (Wildman–Crippen LogP) is 2.19. The van der Waals surface area contributed by atoms with Crippen LogP contribution in [0, 0.1) is 0 Å². The zero-order chi connectivity index (χ0) is 10.4. The zero-order valence-electron chi connectivity index (χ0n) is 8.72. The molecule has 12 heavy (non-hydrogen) atoms. The molecule has 0 aliphatic rings. The third-order valence-electron chi connectivity index (χ3n) is 0.450. The van der Waals surface area contributed by atoms with Gasteiger partial charge in [-0.2, -0.15) is 0 Å². The zero-order valence-corrected chi connectivity index (χ0v) is 8.72. The number of ketones is 1. The predicted molar refractivity (Wildman–Crippen MR) is 50.0 cm³/mol. The van der Waals surface area contributed by atoms with E-state index in [9.17, 15) is 9.59 Å². The van der Waals surface area contributed by atoms with Gasteiger partial charge in [0.2, 0.25) is 0 Å². The van der Waals surface area contributed by atoms with Crippen LogP contribution in [-0.4, -0.2) is 17.4 Å². The molecule has 0 rings (SSSR count). The van der Waals surface area contributed by atoms with Crippen molar-refractivity contribution in [3.8, 4) is 0 Å². The highest BCUT2D eigenvalue weighted by Gasteiger charge is 2.11. The van der Waals surface area contributed by atoms with E-state index in [0.717, 1.165) is 0 Å². The normalized spacial score (nSPS) is 9.50. The molecule has 0 N–H and O–H groups in total. The number of hydrogen-bond donors (Lipinski definition) is 0. The summed E-state index contributed by atoms with van der Waals surface area (Å²) >= 11 is 0. The Balaban J connectivity index is -0.000000173. The SMILES string of the molecule is CC(=O)OC(C)(C)C.CC(C)=O.[HH]. The number of carbonyl (C=O) groups excluding carboxylic acids is 2. The van der Waals surface area contributed by atoms with Crippen LogP contribution in [0.25, 0.3) is 0 Å². The number of Topliss-reactive ketones (excluding diaryl/α,β-unsaturated/α-hetero) is 1. The van der Waals surface area contributed by atoms with Crippen molar-refractivity contribution in [2.75, 3.05) is 0 Å². The van der Waals surface area contributed by atoms with Crippen LogP contribution in [0.3, 0.4) is 0 Å². The Morgan fingerprint density at radius 1 is 1.08 bits per heavy atom.